The average Bonchev–Trinajstić information content (AvgIpc) is 2.33. The zero-order valence-corrected chi connectivity index (χ0v) is 11.9. The highest BCUT2D eigenvalue weighted by Crippen LogP contribution is 2.48. The van der Waals surface area contributed by atoms with Gasteiger partial charge in [-0.15, -0.1) is 0 Å². The molecule has 0 aliphatic rings. The lowest BCUT2D eigenvalue weighted by molar-refractivity contribution is -0.516. The smallest absolute Gasteiger partial charge is 0.356 e. The van der Waals surface area contributed by atoms with Crippen LogP contribution in [0.1, 0.15) is 25.7 Å². The Hall–Kier alpha value is 0.0400. The first-order valence-corrected chi connectivity index (χ1v) is 6.65. The number of Topliss-reactive ketones (excluding diaryl/α,β-unsaturated/α-hetero) is 1. The Labute approximate surface area is 114 Å². The molecular formula is C7H13F3O8P2. The van der Waals surface area contributed by atoms with E-state index in [4.69, 9.17) is 10.2 Å². The molecule has 0 rings (SSSR count). The molecule has 3 atom stereocenters. The molecule has 20 heavy (non-hydrogen) atoms. The van der Waals surface area contributed by atoms with E-state index in [1.807, 2.05) is 0 Å². The molecule has 8 nitrogen and oxygen atoms in total. The van der Waals surface area contributed by atoms with Crippen molar-refractivity contribution in [3.8, 4) is 0 Å². The molecule has 0 spiro atoms. The lowest BCUT2D eigenvalue weighted by Gasteiger charge is -2.26. The van der Waals surface area contributed by atoms with E-state index in [1.54, 1.807) is 9.47 Å². The second-order valence-electron chi connectivity index (χ2n) is 3.53. The van der Waals surface area contributed by atoms with Gasteiger partial charge in [-0.2, -0.15) is 27.4 Å². The Morgan fingerprint density at radius 1 is 1.35 bits per heavy atom. The predicted molar refractivity (Wildman–Crippen MR) is 60.3 cm³/mol. The maximum atomic E-state index is 11.9. The number of ketones is 1. The Bertz CT molecular complexity index is 304. The first kappa shape index (κ1) is 20.0. The van der Waals surface area contributed by atoms with Crippen LogP contribution in [0, 0.1) is 0 Å². The summed E-state index contributed by atoms with van der Waals surface area (Å²) in [6.45, 7) is 0. The van der Waals surface area contributed by atoms with Crippen LogP contribution >= 0.6 is 17.8 Å². The summed E-state index contributed by atoms with van der Waals surface area (Å²) in [7, 11) is -1.38. The number of aliphatic hydroxyl groups is 1. The van der Waals surface area contributed by atoms with Crippen molar-refractivity contribution in [2.24, 2.45) is 0 Å². The SMILES string of the molecule is O=C(CCCC(O)(OOOP)P(O)OO)CC(F)(F)F. The number of carbonyl (C=O) groups is 1. The van der Waals surface area contributed by atoms with Gasteiger partial charge in [0.05, 0.1) is 0 Å². The molecule has 0 amide bonds. The van der Waals surface area contributed by atoms with E-state index in [1.165, 1.54) is 0 Å². The van der Waals surface area contributed by atoms with E-state index >= 15 is 0 Å². The van der Waals surface area contributed by atoms with Crippen molar-refractivity contribution in [1.82, 2.24) is 0 Å². The molecule has 0 radical (unpaired) electrons. The normalized spacial score (nSPS) is 16.8. The van der Waals surface area contributed by atoms with Gasteiger partial charge in [0, 0.05) is 22.3 Å². The van der Waals surface area contributed by atoms with Gasteiger partial charge in [0.25, 0.3) is 13.9 Å². The summed E-state index contributed by atoms with van der Waals surface area (Å²) in [5, 5.41) is 21.8. The second kappa shape index (κ2) is 9.14. The monoisotopic (exact) mass is 344 g/mol. The van der Waals surface area contributed by atoms with Gasteiger partial charge >= 0.3 is 6.18 Å². The van der Waals surface area contributed by atoms with E-state index in [-0.39, 0.29) is 6.42 Å². The average molecular weight is 344 g/mol. The van der Waals surface area contributed by atoms with Crippen molar-refractivity contribution < 1.29 is 52.5 Å². The van der Waals surface area contributed by atoms with Gasteiger partial charge in [-0.05, 0) is 6.42 Å². The Balaban J connectivity index is 4.30. The Morgan fingerprint density at radius 3 is 2.40 bits per heavy atom. The van der Waals surface area contributed by atoms with Gasteiger partial charge in [0.15, 0.2) is 0 Å². The fraction of sp³-hybridized carbons (Fsp3) is 0.857. The second-order valence-corrected chi connectivity index (χ2v) is 5.13. The molecule has 0 bridgehead atoms. The molecule has 3 N–H and O–H groups in total. The zero-order valence-electron chi connectivity index (χ0n) is 9.87. The fourth-order valence-electron chi connectivity index (χ4n) is 1.13. The minimum atomic E-state index is -4.61. The van der Waals surface area contributed by atoms with E-state index in [0.717, 1.165) is 0 Å². The molecule has 120 valence electrons. The van der Waals surface area contributed by atoms with Crippen molar-refractivity contribution in [2.45, 2.75) is 37.4 Å². The highest BCUT2D eigenvalue weighted by molar-refractivity contribution is 7.47. The van der Waals surface area contributed by atoms with Crippen molar-refractivity contribution in [3.05, 3.63) is 0 Å². The topological polar surface area (TPSA) is 115 Å². The number of alkyl halides is 3. The van der Waals surface area contributed by atoms with Crippen LogP contribution in [0.25, 0.3) is 0 Å². The largest absolute Gasteiger partial charge is 0.395 e. The summed E-state index contributed by atoms with van der Waals surface area (Å²) in [4.78, 5) is 24.3. The lowest BCUT2D eigenvalue weighted by atomic mass is 10.1. The van der Waals surface area contributed by atoms with Gasteiger partial charge in [-0.25, -0.2) is 5.26 Å². The van der Waals surface area contributed by atoms with Gasteiger partial charge in [-0.1, -0.05) is 5.04 Å². The van der Waals surface area contributed by atoms with Crippen LogP contribution < -0.4 is 0 Å². The third kappa shape index (κ3) is 8.35. The molecule has 0 aromatic heterocycles. The van der Waals surface area contributed by atoms with Crippen LogP contribution in [0.2, 0.25) is 0 Å². The van der Waals surface area contributed by atoms with Gasteiger partial charge in [-0.3, -0.25) is 4.79 Å². The van der Waals surface area contributed by atoms with Crippen LogP contribution in [0.3, 0.4) is 0 Å². The van der Waals surface area contributed by atoms with E-state index in [2.05, 4.69) is 19.3 Å². The number of halogens is 3. The quantitative estimate of drug-likeness (QED) is 0.238. The van der Waals surface area contributed by atoms with Crippen molar-refractivity contribution in [3.63, 3.8) is 0 Å². The van der Waals surface area contributed by atoms with Crippen molar-refractivity contribution in [2.75, 3.05) is 0 Å². The molecular weight excluding hydrogens is 331 g/mol. The highest BCUT2D eigenvalue weighted by Gasteiger charge is 2.42. The molecule has 0 aliphatic carbocycles. The number of hydrogen-bond donors (Lipinski definition) is 3. The van der Waals surface area contributed by atoms with E-state index < -0.39 is 45.1 Å². The first-order chi connectivity index (χ1) is 9.14. The maximum absolute atomic E-state index is 11.9. The summed E-state index contributed by atoms with van der Waals surface area (Å²) in [6, 6.07) is 0. The predicted octanol–water partition coefficient (Wildman–Crippen LogP) is 1.79. The molecule has 3 unspecified atom stereocenters. The highest BCUT2D eigenvalue weighted by atomic mass is 31.2. The molecule has 0 aromatic carbocycles. The first-order valence-electron chi connectivity index (χ1n) is 4.97. The van der Waals surface area contributed by atoms with Crippen LogP contribution in [-0.2, 0) is 24.1 Å². The number of hydrogen-bond acceptors (Lipinski definition) is 8. The van der Waals surface area contributed by atoms with E-state index in [0.29, 0.717) is 0 Å². The van der Waals surface area contributed by atoms with Crippen LogP contribution in [-0.4, -0.2) is 32.7 Å². The standard InChI is InChI=1S/C7H13F3O8P2/c8-6(9,10)4-5(11)2-1-3-7(12,15-17-18-19)20(14)16-13/h12-14H,1-4,19H2. The minimum absolute atomic E-state index is 0.283. The van der Waals surface area contributed by atoms with Crippen LogP contribution in [0.4, 0.5) is 13.2 Å². The molecule has 0 fully saturated rings. The summed E-state index contributed by atoms with van der Waals surface area (Å²) in [6.07, 6.45) is -7.57. The molecule has 0 aliphatic heterocycles. The van der Waals surface area contributed by atoms with Gasteiger partial charge in [0.1, 0.15) is 12.2 Å². The van der Waals surface area contributed by atoms with E-state index in [9.17, 15) is 23.1 Å². The molecule has 0 saturated carbocycles. The van der Waals surface area contributed by atoms with Gasteiger partial charge in [0.2, 0.25) is 0 Å². The summed E-state index contributed by atoms with van der Waals surface area (Å²) < 4.78 is 43.1. The molecule has 0 aromatic rings. The number of carbonyl (C=O) groups excluding carboxylic acids is 1. The third-order valence-corrected chi connectivity index (χ3v) is 3.07. The zero-order chi connectivity index (χ0) is 15.8. The Kier molecular flexibility index (Phi) is 9.16. The summed E-state index contributed by atoms with van der Waals surface area (Å²) >= 11 is 0. The molecule has 13 heteroatoms. The molecule has 0 saturated heterocycles. The van der Waals surface area contributed by atoms with Crippen molar-refractivity contribution in [1.29, 1.82) is 0 Å². The van der Waals surface area contributed by atoms with Gasteiger partial charge < -0.3 is 10.00 Å². The molecule has 0 heterocycles. The fourth-order valence-corrected chi connectivity index (χ4v) is 1.75. The lowest BCUT2D eigenvalue weighted by Crippen LogP contribution is -2.31. The van der Waals surface area contributed by atoms with Crippen LogP contribution in [0.15, 0.2) is 0 Å². The maximum Gasteiger partial charge on any atom is 0.395 e. The third-order valence-electron chi connectivity index (χ3n) is 1.94. The minimum Gasteiger partial charge on any atom is -0.356 e. The van der Waals surface area contributed by atoms with Crippen LogP contribution in [0.5, 0.6) is 0 Å². The Morgan fingerprint density at radius 2 is 1.95 bits per heavy atom. The van der Waals surface area contributed by atoms with Crippen molar-refractivity contribution >= 4 is 23.6 Å². The summed E-state index contributed by atoms with van der Waals surface area (Å²) in [5.41, 5.74) is -2.57. The summed E-state index contributed by atoms with van der Waals surface area (Å²) in [5.74, 6) is -1.10. The number of rotatable bonds is 10.